The molecule has 2 aromatic carbocycles. The van der Waals surface area contributed by atoms with Gasteiger partial charge in [0, 0.05) is 29.6 Å². The van der Waals surface area contributed by atoms with Crippen molar-refractivity contribution in [3.8, 4) is 0 Å². The molecule has 1 N–H and O–H groups in total. The van der Waals surface area contributed by atoms with Crippen molar-refractivity contribution in [3.05, 3.63) is 68.1 Å². The largest absolute Gasteiger partial charge is 0.312 e. The van der Waals surface area contributed by atoms with Gasteiger partial charge in [0.25, 0.3) is 5.91 Å². The highest BCUT2D eigenvalue weighted by Crippen LogP contribution is 2.35. The SMILES string of the molecule is Cc1cc(C)cc(N2CC(c3nnc(NC(=O)c4ccc(Cl)cc4Cl)s3)CC2=O)c1. The highest BCUT2D eigenvalue weighted by atomic mass is 35.5. The molecule has 30 heavy (non-hydrogen) atoms. The van der Waals surface area contributed by atoms with Gasteiger partial charge in [0.2, 0.25) is 11.0 Å². The molecule has 1 fully saturated rings. The van der Waals surface area contributed by atoms with E-state index in [4.69, 9.17) is 23.2 Å². The Labute approximate surface area is 187 Å². The van der Waals surface area contributed by atoms with Gasteiger partial charge in [-0.05, 0) is 55.3 Å². The summed E-state index contributed by atoms with van der Waals surface area (Å²) < 4.78 is 0. The predicted molar refractivity (Wildman–Crippen MR) is 120 cm³/mol. The van der Waals surface area contributed by atoms with Crippen LogP contribution in [0.15, 0.2) is 36.4 Å². The Kier molecular flexibility index (Phi) is 5.77. The van der Waals surface area contributed by atoms with Crippen molar-refractivity contribution < 1.29 is 9.59 Å². The summed E-state index contributed by atoms with van der Waals surface area (Å²) in [4.78, 5) is 26.9. The molecule has 0 spiro atoms. The molecule has 0 radical (unpaired) electrons. The number of hydrogen-bond donors (Lipinski definition) is 1. The van der Waals surface area contributed by atoms with E-state index in [2.05, 4.69) is 21.6 Å². The average molecular weight is 461 g/mol. The Hall–Kier alpha value is -2.48. The van der Waals surface area contributed by atoms with Crippen molar-refractivity contribution in [2.75, 3.05) is 16.8 Å². The van der Waals surface area contributed by atoms with E-state index in [-0.39, 0.29) is 16.8 Å². The summed E-state index contributed by atoms with van der Waals surface area (Å²) in [5.74, 6) is -0.405. The van der Waals surface area contributed by atoms with Gasteiger partial charge in [-0.15, -0.1) is 10.2 Å². The third kappa shape index (κ3) is 4.33. The summed E-state index contributed by atoms with van der Waals surface area (Å²) in [5.41, 5.74) is 3.43. The van der Waals surface area contributed by atoms with Gasteiger partial charge in [-0.25, -0.2) is 0 Å². The zero-order chi connectivity index (χ0) is 21.4. The zero-order valence-electron chi connectivity index (χ0n) is 16.3. The van der Waals surface area contributed by atoms with Crippen LogP contribution in [0.4, 0.5) is 10.8 Å². The highest BCUT2D eigenvalue weighted by Gasteiger charge is 2.34. The van der Waals surface area contributed by atoms with E-state index in [9.17, 15) is 9.59 Å². The van der Waals surface area contributed by atoms with E-state index in [1.807, 2.05) is 26.0 Å². The molecular formula is C21H18Cl2N4O2S. The maximum absolute atomic E-state index is 12.6. The first-order chi connectivity index (χ1) is 14.3. The van der Waals surface area contributed by atoms with E-state index in [0.717, 1.165) is 16.8 Å². The van der Waals surface area contributed by atoms with Crippen LogP contribution in [-0.4, -0.2) is 28.6 Å². The van der Waals surface area contributed by atoms with Gasteiger partial charge < -0.3 is 4.90 Å². The first-order valence-corrected chi connectivity index (χ1v) is 10.9. The zero-order valence-corrected chi connectivity index (χ0v) is 18.6. The maximum atomic E-state index is 12.6. The second kappa shape index (κ2) is 8.34. The van der Waals surface area contributed by atoms with Gasteiger partial charge in [-0.3, -0.25) is 14.9 Å². The molecule has 154 valence electrons. The van der Waals surface area contributed by atoms with Crippen LogP contribution >= 0.6 is 34.5 Å². The summed E-state index contributed by atoms with van der Waals surface area (Å²) in [7, 11) is 0. The fourth-order valence-electron chi connectivity index (χ4n) is 3.52. The molecule has 0 bridgehead atoms. The first-order valence-electron chi connectivity index (χ1n) is 9.28. The van der Waals surface area contributed by atoms with Gasteiger partial charge in [0.15, 0.2) is 0 Å². The highest BCUT2D eigenvalue weighted by molar-refractivity contribution is 7.15. The Morgan fingerprint density at radius 2 is 1.87 bits per heavy atom. The molecule has 3 aromatic rings. The molecule has 2 amide bonds. The summed E-state index contributed by atoms with van der Waals surface area (Å²) in [6.45, 7) is 4.57. The van der Waals surface area contributed by atoms with Gasteiger partial charge in [-0.2, -0.15) is 0 Å². The van der Waals surface area contributed by atoms with Crippen LogP contribution in [0.25, 0.3) is 0 Å². The molecule has 1 aliphatic rings. The Balaban J connectivity index is 1.47. The van der Waals surface area contributed by atoms with Crippen molar-refractivity contribution in [1.82, 2.24) is 10.2 Å². The third-order valence-corrected chi connectivity index (χ3v) is 6.38. The first kappa shape index (κ1) is 20.8. The number of nitrogens with one attached hydrogen (secondary N) is 1. The molecule has 2 heterocycles. The lowest BCUT2D eigenvalue weighted by Gasteiger charge is -2.17. The van der Waals surface area contributed by atoms with Gasteiger partial charge >= 0.3 is 0 Å². The lowest BCUT2D eigenvalue weighted by Crippen LogP contribution is -2.24. The Bertz CT molecular complexity index is 1130. The minimum absolute atomic E-state index is 0.0544. The third-order valence-electron chi connectivity index (χ3n) is 4.83. The molecule has 9 heteroatoms. The molecule has 1 aromatic heterocycles. The van der Waals surface area contributed by atoms with Crippen molar-refractivity contribution in [1.29, 1.82) is 0 Å². The average Bonchev–Trinajstić information content (AvgIpc) is 3.27. The second-order valence-electron chi connectivity index (χ2n) is 7.28. The van der Waals surface area contributed by atoms with Crippen LogP contribution in [0.3, 0.4) is 0 Å². The monoisotopic (exact) mass is 460 g/mol. The smallest absolute Gasteiger partial charge is 0.259 e. The summed E-state index contributed by atoms with van der Waals surface area (Å²) in [6.07, 6.45) is 0.360. The van der Waals surface area contributed by atoms with Crippen LogP contribution in [0.5, 0.6) is 0 Å². The molecular weight excluding hydrogens is 443 g/mol. The van der Waals surface area contributed by atoms with Crippen LogP contribution in [0, 0.1) is 13.8 Å². The van der Waals surface area contributed by atoms with E-state index >= 15 is 0 Å². The Morgan fingerprint density at radius 3 is 2.57 bits per heavy atom. The lowest BCUT2D eigenvalue weighted by molar-refractivity contribution is -0.117. The van der Waals surface area contributed by atoms with Crippen LogP contribution in [0.1, 0.15) is 38.8 Å². The van der Waals surface area contributed by atoms with Crippen molar-refractivity contribution in [2.45, 2.75) is 26.2 Å². The quantitative estimate of drug-likeness (QED) is 0.577. The van der Waals surface area contributed by atoms with E-state index < -0.39 is 5.91 Å². The number of amides is 2. The number of carbonyl (C=O) groups is 2. The molecule has 1 saturated heterocycles. The lowest BCUT2D eigenvalue weighted by atomic mass is 10.1. The fourth-order valence-corrected chi connectivity index (χ4v) is 4.84. The number of halogens is 2. The number of rotatable bonds is 4. The number of hydrogen-bond acceptors (Lipinski definition) is 5. The second-order valence-corrected chi connectivity index (χ2v) is 9.13. The van der Waals surface area contributed by atoms with Crippen molar-refractivity contribution in [3.63, 3.8) is 0 Å². The molecule has 4 rings (SSSR count). The Morgan fingerprint density at radius 1 is 1.13 bits per heavy atom. The molecule has 0 aliphatic carbocycles. The topological polar surface area (TPSA) is 75.2 Å². The standard InChI is InChI=1S/C21H18Cl2N4O2S/c1-11-5-12(2)7-15(6-11)27-10-13(8-18(27)28)20-25-26-21(30-20)24-19(29)16-4-3-14(22)9-17(16)23/h3-7,9,13H,8,10H2,1-2H3,(H,24,26,29). The van der Waals surface area contributed by atoms with E-state index in [0.29, 0.717) is 33.7 Å². The summed E-state index contributed by atoms with van der Waals surface area (Å²) in [6, 6.07) is 10.8. The number of aromatic nitrogens is 2. The van der Waals surface area contributed by atoms with Crippen molar-refractivity contribution in [2.24, 2.45) is 0 Å². The van der Waals surface area contributed by atoms with Crippen LogP contribution in [-0.2, 0) is 4.79 Å². The minimum atomic E-state index is -0.390. The number of nitrogens with zero attached hydrogens (tertiary/aromatic N) is 3. The minimum Gasteiger partial charge on any atom is -0.312 e. The van der Waals surface area contributed by atoms with Gasteiger partial charge in [-0.1, -0.05) is 40.6 Å². The number of aryl methyl sites for hydroxylation is 2. The maximum Gasteiger partial charge on any atom is 0.259 e. The number of anilines is 2. The molecule has 0 saturated carbocycles. The van der Waals surface area contributed by atoms with E-state index in [1.165, 1.54) is 17.4 Å². The number of benzene rings is 2. The van der Waals surface area contributed by atoms with E-state index in [1.54, 1.807) is 17.0 Å². The molecule has 1 aliphatic heterocycles. The summed E-state index contributed by atoms with van der Waals surface area (Å²) >= 11 is 13.2. The summed E-state index contributed by atoms with van der Waals surface area (Å²) in [5, 5.41) is 12.8. The molecule has 1 atom stereocenters. The van der Waals surface area contributed by atoms with Gasteiger partial charge in [0.1, 0.15) is 5.01 Å². The molecule has 6 nitrogen and oxygen atoms in total. The van der Waals surface area contributed by atoms with Crippen molar-refractivity contribution >= 4 is 57.2 Å². The normalized spacial score (nSPS) is 16.2. The van der Waals surface area contributed by atoms with Crippen LogP contribution < -0.4 is 10.2 Å². The molecule has 1 unspecified atom stereocenters. The van der Waals surface area contributed by atoms with Crippen LogP contribution in [0.2, 0.25) is 10.0 Å². The number of carbonyl (C=O) groups excluding carboxylic acids is 2. The van der Waals surface area contributed by atoms with Gasteiger partial charge in [0.05, 0.1) is 10.6 Å². The fraction of sp³-hybridized carbons (Fsp3) is 0.238. The predicted octanol–water partition coefficient (Wildman–Crippen LogP) is 5.23.